The van der Waals surface area contributed by atoms with E-state index in [9.17, 15) is 9.90 Å². The molecule has 0 amide bonds. The maximum Gasteiger partial charge on any atom is 0.316 e. The second-order valence-corrected chi connectivity index (χ2v) is 5.63. The third kappa shape index (κ3) is 4.21. The van der Waals surface area contributed by atoms with E-state index in [0.717, 1.165) is 5.56 Å². The molecule has 0 fully saturated rings. The molecule has 5 nitrogen and oxygen atoms in total. The fourth-order valence-electron chi connectivity index (χ4n) is 2.27. The third-order valence-corrected chi connectivity index (χ3v) is 3.85. The first kappa shape index (κ1) is 17.2. The van der Waals surface area contributed by atoms with E-state index >= 15 is 0 Å². The lowest BCUT2D eigenvalue weighted by atomic mass is 9.80. The molecule has 0 saturated heterocycles. The Balaban J connectivity index is 2.11. The molecule has 0 bridgehead atoms. The summed E-state index contributed by atoms with van der Waals surface area (Å²) in [4.78, 5) is 11.7. The summed E-state index contributed by atoms with van der Waals surface area (Å²) in [6.45, 7) is 3.71. The first-order chi connectivity index (χ1) is 11.0. The largest absolute Gasteiger partial charge is 0.489 e. The van der Waals surface area contributed by atoms with Gasteiger partial charge in [0.15, 0.2) is 6.29 Å². The van der Waals surface area contributed by atoms with Gasteiger partial charge in [-0.05, 0) is 31.6 Å². The maximum atomic E-state index is 11.7. The monoisotopic (exact) mass is 318 g/mol. The van der Waals surface area contributed by atoms with Gasteiger partial charge in [-0.25, -0.2) is 0 Å². The number of aliphatic carboxylic acids is 1. The lowest BCUT2D eigenvalue weighted by molar-refractivity contribution is -0.173. The van der Waals surface area contributed by atoms with Crippen LogP contribution in [0.5, 0.6) is 0 Å². The number of carboxylic acids is 1. The fraction of sp³-hybridized carbons (Fsp3) is 0.389. The maximum absolute atomic E-state index is 11.7. The molecule has 1 N–H and O–H groups in total. The molecule has 1 aromatic carbocycles. The summed E-state index contributed by atoms with van der Waals surface area (Å²) in [7, 11) is 1.51. The number of hydrogen-bond donors (Lipinski definition) is 1. The molecule has 0 aromatic heterocycles. The molecule has 2 rings (SSSR count). The van der Waals surface area contributed by atoms with Crippen LogP contribution < -0.4 is 0 Å². The van der Waals surface area contributed by atoms with E-state index in [0.29, 0.717) is 12.4 Å². The van der Waals surface area contributed by atoms with Crippen molar-refractivity contribution in [3.05, 3.63) is 59.9 Å². The summed E-state index contributed by atoms with van der Waals surface area (Å²) in [6.07, 6.45) is 3.90. The van der Waals surface area contributed by atoms with Crippen molar-refractivity contribution in [3.63, 3.8) is 0 Å². The van der Waals surface area contributed by atoms with Gasteiger partial charge in [0.25, 0.3) is 0 Å². The molecule has 1 aliphatic carbocycles. The van der Waals surface area contributed by atoms with Gasteiger partial charge >= 0.3 is 5.97 Å². The molecule has 0 saturated carbocycles. The summed E-state index contributed by atoms with van der Waals surface area (Å²) >= 11 is 0. The van der Waals surface area contributed by atoms with Crippen LogP contribution in [0.1, 0.15) is 19.4 Å². The van der Waals surface area contributed by atoms with E-state index in [1.54, 1.807) is 32.1 Å². The van der Waals surface area contributed by atoms with Gasteiger partial charge in [-0.15, -0.1) is 0 Å². The number of carboxylic acid groups (broad SMARTS) is 1. The van der Waals surface area contributed by atoms with Gasteiger partial charge < -0.3 is 19.3 Å². The molecule has 0 aliphatic heterocycles. The topological polar surface area (TPSA) is 65.0 Å². The van der Waals surface area contributed by atoms with Gasteiger partial charge in [0.2, 0.25) is 0 Å². The van der Waals surface area contributed by atoms with E-state index in [2.05, 4.69) is 0 Å². The normalized spacial score (nSPS) is 24.8. The van der Waals surface area contributed by atoms with Crippen molar-refractivity contribution >= 4 is 5.97 Å². The molecular weight excluding hydrogens is 296 g/mol. The lowest BCUT2D eigenvalue weighted by Gasteiger charge is -2.33. The Morgan fingerprint density at radius 3 is 2.65 bits per heavy atom. The first-order valence-corrected chi connectivity index (χ1v) is 7.45. The number of benzene rings is 1. The van der Waals surface area contributed by atoms with E-state index in [-0.39, 0.29) is 0 Å². The van der Waals surface area contributed by atoms with Crippen molar-refractivity contribution in [2.24, 2.45) is 5.41 Å². The summed E-state index contributed by atoms with van der Waals surface area (Å²) < 4.78 is 16.4. The minimum absolute atomic E-state index is 0.382. The van der Waals surface area contributed by atoms with E-state index in [1.165, 1.54) is 7.11 Å². The van der Waals surface area contributed by atoms with Crippen molar-refractivity contribution in [1.29, 1.82) is 0 Å². The standard InChI is InChI=1S/C18H22O5/c1-13(21-3)23-16-10-9-15(11-18(16,2)17(19)20)22-12-14-7-5-4-6-8-14/h4-11,13,16H,12H2,1-3H3,(H,19,20). The second-order valence-electron chi connectivity index (χ2n) is 5.63. The molecule has 1 aliphatic rings. The minimum atomic E-state index is -1.21. The molecule has 124 valence electrons. The highest BCUT2D eigenvalue weighted by atomic mass is 16.7. The van der Waals surface area contributed by atoms with E-state index in [4.69, 9.17) is 14.2 Å². The van der Waals surface area contributed by atoms with Crippen LogP contribution in [-0.2, 0) is 25.6 Å². The van der Waals surface area contributed by atoms with Crippen LogP contribution in [-0.4, -0.2) is 30.6 Å². The zero-order chi connectivity index (χ0) is 16.9. The fourth-order valence-corrected chi connectivity index (χ4v) is 2.27. The van der Waals surface area contributed by atoms with Crippen LogP contribution >= 0.6 is 0 Å². The highest BCUT2D eigenvalue weighted by Gasteiger charge is 2.42. The van der Waals surface area contributed by atoms with Crippen molar-refractivity contribution in [3.8, 4) is 0 Å². The Labute approximate surface area is 136 Å². The zero-order valence-corrected chi connectivity index (χ0v) is 13.6. The van der Waals surface area contributed by atoms with Crippen molar-refractivity contribution < 1.29 is 24.1 Å². The predicted octanol–water partition coefficient (Wildman–Crippen LogP) is 3.13. The molecule has 23 heavy (non-hydrogen) atoms. The second kappa shape index (κ2) is 7.44. The number of hydrogen-bond acceptors (Lipinski definition) is 4. The molecule has 0 spiro atoms. The van der Waals surface area contributed by atoms with Crippen molar-refractivity contribution in [2.45, 2.75) is 32.8 Å². The molecular formula is C18H22O5. The summed E-state index contributed by atoms with van der Waals surface area (Å²) in [5.41, 5.74) is -0.196. The number of methoxy groups -OCH3 is 1. The average molecular weight is 318 g/mol. The SMILES string of the molecule is COC(C)OC1C=CC(OCc2ccccc2)=CC1(C)C(=O)O. The Hall–Kier alpha value is -2.11. The summed E-state index contributed by atoms with van der Waals surface area (Å²) in [5, 5.41) is 9.60. The Morgan fingerprint density at radius 2 is 2.04 bits per heavy atom. The number of carbonyl (C=O) groups is 1. The Kier molecular flexibility index (Phi) is 5.58. The number of ether oxygens (including phenoxy) is 3. The summed E-state index contributed by atoms with van der Waals surface area (Å²) in [6, 6.07) is 9.71. The van der Waals surface area contributed by atoms with Crippen LogP contribution in [0, 0.1) is 5.41 Å². The molecule has 3 unspecified atom stereocenters. The van der Waals surface area contributed by atoms with Crippen LogP contribution in [0.15, 0.2) is 54.3 Å². The average Bonchev–Trinajstić information content (AvgIpc) is 2.56. The number of rotatable bonds is 7. The first-order valence-electron chi connectivity index (χ1n) is 7.45. The smallest absolute Gasteiger partial charge is 0.316 e. The van der Waals surface area contributed by atoms with Gasteiger partial charge in [-0.3, -0.25) is 4.79 Å². The lowest BCUT2D eigenvalue weighted by Crippen LogP contribution is -2.42. The Morgan fingerprint density at radius 1 is 1.35 bits per heavy atom. The highest BCUT2D eigenvalue weighted by molar-refractivity contribution is 5.78. The molecule has 0 radical (unpaired) electrons. The third-order valence-electron chi connectivity index (χ3n) is 3.85. The Bertz CT molecular complexity index is 593. The van der Waals surface area contributed by atoms with Gasteiger partial charge in [-0.2, -0.15) is 0 Å². The summed E-state index contributed by atoms with van der Waals surface area (Å²) in [5.74, 6) is -0.459. The van der Waals surface area contributed by atoms with Crippen molar-refractivity contribution in [2.75, 3.05) is 7.11 Å². The van der Waals surface area contributed by atoms with E-state index in [1.807, 2.05) is 30.3 Å². The van der Waals surface area contributed by atoms with Gasteiger partial charge in [0.1, 0.15) is 17.8 Å². The zero-order valence-electron chi connectivity index (χ0n) is 13.6. The minimum Gasteiger partial charge on any atom is -0.489 e. The van der Waals surface area contributed by atoms with Gasteiger partial charge in [-0.1, -0.05) is 36.4 Å². The van der Waals surface area contributed by atoms with Gasteiger partial charge in [0.05, 0.1) is 6.10 Å². The molecule has 0 heterocycles. The molecule has 3 atom stereocenters. The van der Waals surface area contributed by atoms with Gasteiger partial charge in [0, 0.05) is 7.11 Å². The van der Waals surface area contributed by atoms with Crippen LogP contribution in [0.25, 0.3) is 0 Å². The number of allylic oxidation sites excluding steroid dienone is 1. The molecule has 1 aromatic rings. The predicted molar refractivity (Wildman–Crippen MR) is 85.5 cm³/mol. The van der Waals surface area contributed by atoms with Crippen LogP contribution in [0.2, 0.25) is 0 Å². The van der Waals surface area contributed by atoms with Crippen molar-refractivity contribution in [1.82, 2.24) is 0 Å². The van der Waals surface area contributed by atoms with E-state index < -0.39 is 23.8 Å². The highest BCUT2D eigenvalue weighted by Crippen LogP contribution is 2.34. The van der Waals surface area contributed by atoms with Crippen LogP contribution in [0.3, 0.4) is 0 Å². The molecule has 5 heteroatoms. The van der Waals surface area contributed by atoms with Crippen LogP contribution in [0.4, 0.5) is 0 Å². The quantitative estimate of drug-likeness (QED) is 0.783.